The predicted octanol–water partition coefficient (Wildman–Crippen LogP) is 2.74. The van der Waals surface area contributed by atoms with Gasteiger partial charge in [-0.2, -0.15) is 10.4 Å². The molecule has 1 aliphatic rings. The second-order valence-corrected chi connectivity index (χ2v) is 8.71. The first-order valence-electron chi connectivity index (χ1n) is 10.6. The van der Waals surface area contributed by atoms with E-state index < -0.39 is 11.8 Å². The van der Waals surface area contributed by atoms with Gasteiger partial charge in [0.1, 0.15) is 11.5 Å². The van der Waals surface area contributed by atoms with Crippen LogP contribution in [0.2, 0.25) is 5.02 Å². The first-order valence-corrected chi connectivity index (χ1v) is 11.3. The molecule has 1 heterocycles. The largest absolute Gasteiger partial charge is 0.366 e. The monoisotopic (exact) mass is 492 g/mol. The van der Waals surface area contributed by atoms with E-state index >= 15 is 0 Å². The van der Waals surface area contributed by atoms with Gasteiger partial charge in [0, 0.05) is 29.5 Å². The maximum atomic E-state index is 12.0. The smallest absolute Gasteiger partial charge is 0.310 e. The average molecular weight is 493 g/mol. The fourth-order valence-electron chi connectivity index (χ4n) is 3.65. The van der Waals surface area contributed by atoms with Gasteiger partial charge in [0.15, 0.2) is 0 Å². The van der Waals surface area contributed by atoms with Crippen molar-refractivity contribution in [3.63, 3.8) is 0 Å². The number of hydrogen-bond donors (Lipinski definition) is 3. The number of hydrogen-bond acceptors (Lipinski definition) is 5. The highest BCUT2D eigenvalue weighted by Crippen LogP contribution is 2.47. The van der Waals surface area contributed by atoms with Crippen molar-refractivity contribution in [2.75, 3.05) is 6.54 Å². The molecule has 0 spiro atoms. The number of nitrogens with zero attached hydrogens (tertiary/aromatic N) is 3. The molecule has 1 fully saturated rings. The number of thiocarbonyl (C=S) groups is 1. The molecule has 0 unspecified atom stereocenters. The first kappa shape index (κ1) is 23.4. The van der Waals surface area contributed by atoms with Gasteiger partial charge < -0.3 is 16.0 Å². The minimum Gasteiger partial charge on any atom is -0.366 e. The van der Waals surface area contributed by atoms with Crippen LogP contribution in [-0.4, -0.2) is 33.1 Å². The van der Waals surface area contributed by atoms with Crippen molar-refractivity contribution in [1.82, 2.24) is 25.7 Å². The van der Waals surface area contributed by atoms with E-state index in [1.54, 1.807) is 16.9 Å². The van der Waals surface area contributed by atoms with Gasteiger partial charge in [0.05, 0.1) is 17.3 Å². The number of rotatable bonds is 7. The second-order valence-electron chi connectivity index (χ2n) is 7.87. The van der Waals surface area contributed by atoms with Crippen LogP contribution in [0.3, 0.4) is 0 Å². The Balaban J connectivity index is 1.49. The fourth-order valence-corrected chi connectivity index (χ4v) is 4.28. The van der Waals surface area contributed by atoms with Crippen molar-refractivity contribution < 1.29 is 9.59 Å². The van der Waals surface area contributed by atoms with Crippen molar-refractivity contribution in [1.29, 1.82) is 5.26 Å². The number of amides is 2. The van der Waals surface area contributed by atoms with E-state index in [-0.39, 0.29) is 18.6 Å². The highest BCUT2D eigenvalue weighted by molar-refractivity contribution is 7.80. The Morgan fingerprint density at radius 3 is 2.62 bits per heavy atom. The molecule has 0 radical (unpaired) electrons. The zero-order valence-corrected chi connectivity index (χ0v) is 19.6. The van der Waals surface area contributed by atoms with Gasteiger partial charge in [0.2, 0.25) is 0 Å². The summed E-state index contributed by atoms with van der Waals surface area (Å²) in [6.07, 6.45) is 5.36. The molecule has 0 saturated heterocycles. The molecule has 2 amide bonds. The van der Waals surface area contributed by atoms with Crippen LogP contribution < -0.4 is 16.0 Å². The number of nitriles is 1. The third kappa shape index (κ3) is 5.25. The number of aromatic nitrogens is 2. The summed E-state index contributed by atoms with van der Waals surface area (Å²) in [5.74, 6) is -1.67. The van der Waals surface area contributed by atoms with E-state index in [1.165, 1.54) is 0 Å². The predicted molar refractivity (Wildman–Crippen MR) is 131 cm³/mol. The third-order valence-electron chi connectivity index (χ3n) is 5.54. The van der Waals surface area contributed by atoms with Crippen LogP contribution in [0.15, 0.2) is 60.9 Å². The van der Waals surface area contributed by atoms with Crippen molar-refractivity contribution in [2.24, 2.45) is 0 Å². The minimum absolute atomic E-state index is 0.115. The minimum atomic E-state index is -0.856. The Bertz CT molecular complexity index is 1280. The molecule has 4 rings (SSSR count). The molecule has 1 aromatic heterocycles. The van der Waals surface area contributed by atoms with Gasteiger partial charge in [-0.3, -0.25) is 9.59 Å². The molecule has 2 aromatic carbocycles. The number of nitrogens with one attached hydrogen (secondary N) is 3. The van der Waals surface area contributed by atoms with E-state index in [0.29, 0.717) is 10.0 Å². The molecule has 34 heavy (non-hydrogen) atoms. The molecule has 1 aliphatic carbocycles. The highest BCUT2D eigenvalue weighted by atomic mass is 35.5. The Kier molecular flexibility index (Phi) is 6.91. The topological polar surface area (TPSA) is 112 Å². The number of carbonyl (C=O) groups excluding carboxylic acids is 2. The van der Waals surface area contributed by atoms with Crippen LogP contribution in [0.25, 0.3) is 5.69 Å². The normalized spacial score (nSPS) is 13.4. The summed E-state index contributed by atoms with van der Waals surface area (Å²) in [6, 6.07) is 16.9. The van der Waals surface area contributed by atoms with Crippen molar-refractivity contribution in [3.05, 3.63) is 82.6 Å². The molecule has 3 aromatic rings. The Morgan fingerprint density at radius 2 is 1.91 bits per heavy atom. The van der Waals surface area contributed by atoms with Crippen LogP contribution in [-0.2, 0) is 21.7 Å². The molecular formula is C24H21ClN6O2S. The molecular weight excluding hydrogens is 472 g/mol. The lowest BCUT2D eigenvalue weighted by Crippen LogP contribution is -2.40. The van der Waals surface area contributed by atoms with Gasteiger partial charge in [-0.1, -0.05) is 48.1 Å². The van der Waals surface area contributed by atoms with Crippen LogP contribution in [0, 0.1) is 11.3 Å². The number of carbonyl (C=O) groups is 2. The highest BCUT2D eigenvalue weighted by Gasteiger charge is 2.45. The van der Waals surface area contributed by atoms with Gasteiger partial charge in [-0.05, 0) is 48.2 Å². The SMILES string of the molecule is N#CCNC(=O)C(=O)NCc1ccccc1C(=S)NC1(c2cc(Cl)cc(-n3cccn3)c2)CC1. The summed E-state index contributed by atoms with van der Waals surface area (Å²) < 4.78 is 1.76. The summed E-state index contributed by atoms with van der Waals surface area (Å²) in [6.45, 7) is -0.116. The zero-order valence-electron chi connectivity index (χ0n) is 18.0. The summed E-state index contributed by atoms with van der Waals surface area (Å²) >= 11 is 12.2. The molecule has 0 bridgehead atoms. The number of halogens is 1. The summed E-state index contributed by atoms with van der Waals surface area (Å²) in [4.78, 5) is 24.2. The molecule has 3 N–H and O–H groups in total. The number of benzene rings is 2. The molecule has 10 heteroatoms. The summed E-state index contributed by atoms with van der Waals surface area (Å²) in [5, 5.41) is 21.7. The molecule has 8 nitrogen and oxygen atoms in total. The van der Waals surface area contributed by atoms with E-state index in [4.69, 9.17) is 29.1 Å². The average Bonchev–Trinajstić information content (AvgIpc) is 3.40. The van der Waals surface area contributed by atoms with E-state index in [2.05, 4.69) is 21.0 Å². The lowest BCUT2D eigenvalue weighted by molar-refractivity contribution is -0.139. The lowest BCUT2D eigenvalue weighted by Gasteiger charge is -2.22. The van der Waals surface area contributed by atoms with Crippen LogP contribution >= 0.6 is 23.8 Å². The van der Waals surface area contributed by atoms with Crippen molar-refractivity contribution in [3.8, 4) is 11.8 Å². The Morgan fingerprint density at radius 1 is 1.15 bits per heavy atom. The molecule has 172 valence electrons. The molecule has 0 atom stereocenters. The van der Waals surface area contributed by atoms with Crippen LogP contribution in [0.4, 0.5) is 0 Å². The van der Waals surface area contributed by atoms with Gasteiger partial charge in [-0.15, -0.1) is 0 Å². The second kappa shape index (κ2) is 10.0. The maximum absolute atomic E-state index is 12.0. The lowest BCUT2D eigenvalue weighted by atomic mass is 10.0. The van der Waals surface area contributed by atoms with Crippen molar-refractivity contribution >= 4 is 40.6 Å². The zero-order chi connectivity index (χ0) is 24.1. The van der Waals surface area contributed by atoms with Gasteiger partial charge in [0.25, 0.3) is 0 Å². The van der Waals surface area contributed by atoms with Crippen LogP contribution in [0.1, 0.15) is 29.5 Å². The Hall–Kier alpha value is -3.74. The Labute approximate surface area is 206 Å². The van der Waals surface area contributed by atoms with Gasteiger partial charge in [-0.25, -0.2) is 4.68 Å². The fraction of sp³-hybridized carbons (Fsp3) is 0.208. The molecule has 0 aliphatic heterocycles. The van der Waals surface area contributed by atoms with E-state index in [9.17, 15) is 9.59 Å². The van der Waals surface area contributed by atoms with E-state index in [0.717, 1.165) is 35.2 Å². The quantitative estimate of drug-likeness (QED) is 0.265. The first-order chi connectivity index (χ1) is 16.4. The van der Waals surface area contributed by atoms with Gasteiger partial charge >= 0.3 is 11.8 Å². The van der Waals surface area contributed by atoms with Crippen LogP contribution in [0.5, 0.6) is 0 Å². The standard InChI is InChI=1S/C24H21ClN6O2S/c25-18-12-17(13-19(14-18)31-11-3-9-29-31)24(6-7-24)30-23(34)20-5-2-1-4-16(20)15-28-22(33)21(32)27-10-8-26/h1-5,9,11-14H,6-7,10,15H2,(H,27,32)(H,28,33)(H,30,34). The van der Waals surface area contributed by atoms with E-state index in [1.807, 2.05) is 54.7 Å². The third-order valence-corrected chi connectivity index (χ3v) is 6.08. The maximum Gasteiger partial charge on any atom is 0.310 e. The summed E-state index contributed by atoms with van der Waals surface area (Å²) in [5.41, 5.74) is 3.07. The molecule has 1 saturated carbocycles. The summed E-state index contributed by atoms with van der Waals surface area (Å²) in [7, 11) is 0. The van der Waals surface area contributed by atoms with Crippen molar-refractivity contribution in [2.45, 2.75) is 24.9 Å².